The van der Waals surface area contributed by atoms with Gasteiger partial charge in [-0.1, -0.05) is 5.16 Å². The van der Waals surface area contributed by atoms with E-state index < -0.39 is 0 Å². The predicted molar refractivity (Wildman–Crippen MR) is 94.9 cm³/mol. The molecule has 3 fully saturated rings. The molecule has 1 aliphatic carbocycles. The molecule has 1 saturated carbocycles. The van der Waals surface area contributed by atoms with Gasteiger partial charge in [-0.2, -0.15) is 0 Å². The molecule has 2 aliphatic heterocycles. The number of carbonyl (C=O) groups excluding carboxylic acids is 1. The maximum atomic E-state index is 12.7. The van der Waals surface area contributed by atoms with Crippen molar-refractivity contribution in [3.8, 4) is 0 Å². The number of aromatic nitrogens is 3. The molecule has 136 valence electrons. The monoisotopic (exact) mass is 353 g/mol. The number of hydrogen-bond acceptors (Lipinski definition) is 6. The molecule has 0 atom stereocenters. The van der Waals surface area contributed by atoms with Crippen LogP contribution >= 0.6 is 0 Å². The van der Waals surface area contributed by atoms with Gasteiger partial charge in [0.05, 0.1) is 0 Å². The molecule has 7 heteroatoms. The fourth-order valence-corrected chi connectivity index (χ4v) is 4.26. The van der Waals surface area contributed by atoms with E-state index >= 15 is 0 Å². The fraction of sp³-hybridized carbons (Fsp3) is 0.579. The van der Waals surface area contributed by atoms with Gasteiger partial charge in [0.2, 0.25) is 5.95 Å². The molecular formula is C19H23N5O2. The second kappa shape index (κ2) is 6.07. The molecule has 0 bridgehead atoms. The summed E-state index contributed by atoms with van der Waals surface area (Å²) in [5.74, 6) is 2.18. The summed E-state index contributed by atoms with van der Waals surface area (Å²) in [5, 5.41) is 4.00. The summed E-state index contributed by atoms with van der Waals surface area (Å²) in [4.78, 5) is 25.7. The highest BCUT2D eigenvalue weighted by molar-refractivity contribution is 5.92. The van der Waals surface area contributed by atoms with Crippen LogP contribution in [0.3, 0.4) is 0 Å². The van der Waals surface area contributed by atoms with E-state index in [-0.39, 0.29) is 11.3 Å². The van der Waals surface area contributed by atoms with Crippen LogP contribution in [0.2, 0.25) is 0 Å². The Hall–Kier alpha value is -2.44. The second-order valence-corrected chi connectivity index (χ2v) is 7.90. The molecule has 7 nitrogen and oxygen atoms in total. The van der Waals surface area contributed by atoms with Crippen molar-refractivity contribution in [2.45, 2.75) is 38.0 Å². The lowest BCUT2D eigenvalue weighted by atomic mass is 9.77. The Bertz CT molecular complexity index is 793. The highest BCUT2D eigenvalue weighted by Gasteiger charge is 2.42. The average Bonchev–Trinajstić information content (AvgIpc) is 3.28. The molecule has 4 heterocycles. The first-order chi connectivity index (χ1) is 12.7. The molecule has 0 aromatic carbocycles. The van der Waals surface area contributed by atoms with Crippen LogP contribution in [0.15, 0.2) is 29.0 Å². The van der Waals surface area contributed by atoms with Crippen LogP contribution in [-0.4, -0.2) is 52.1 Å². The van der Waals surface area contributed by atoms with Crippen molar-refractivity contribution in [3.05, 3.63) is 36.0 Å². The number of piperidine rings is 1. The van der Waals surface area contributed by atoms with Crippen molar-refractivity contribution < 1.29 is 9.32 Å². The van der Waals surface area contributed by atoms with Crippen molar-refractivity contribution >= 4 is 11.9 Å². The highest BCUT2D eigenvalue weighted by atomic mass is 16.5. The Labute approximate surface area is 152 Å². The molecule has 2 aromatic rings. The van der Waals surface area contributed by atoms with Crippen LogP contribution in [0, 0.1) is 5.41 Å². The van der Waals surface area contributed by atoms with Crippen LogP contribution in [0.25, 0.3) is 0 Å². The maximum absolute atomic E-state index is 12.7. The zero-order chi connectivity index (χ0) is 17.6. The minimum absolute atomic E-state index is 0.0109. The van der Waals surface area contributed by atoms with Crippen molar-refractivity contribution in [1.82, 2.24) is 20.0 Å². The Balaban J connectivity index is 1.21. The third kappa shape index (κ3) is 2.85. The molecule has 2 saturated heterocycles. The summed E-state index contributed by atoms with van der Waals surface area (Å²) in [6, 6.07) is 3.69. The SMILES string of the molecule is O=C(c1cc(C2CC2)on1)N1CCC2(CC1)CCN(c1ncccn1)C2. The summed E-state index contributed by atoms with van der Waals surface area (Å²) in [7, 11) is 0. The van der Waals surface area contributed by atoms with Crippen LogP contribution in [0.4, 0.5) is 5.95 Å². The smallest absolute Gasteiger partial charge is 0.276 e. The normalized spacial score (nSPS) is 22.2. The Morgan fingerprint density at radius 3 is 2.58 bits per heavy atom. The van der Waals surface area contributed by atoms with E-state index in [0.717, 1.165) is 70.0 Å². The minimum atomic E-state index is 0.0109. The molecule has 26 heavy (non-hydrogen) atoms. The number of hydrogen-bond donors (Lipinski definition) is 0. The average molecular weight is 353 g/mol. The second-order valence-electron chi connectivity index (χ2n) is 7.90. The predicted octanol–water partition coefficient (Wildman–Crippen LogP) is 2.47. The number of amides is 1. The van der Waals surface area contributed by atoms with Gasteiger partial charge in [0.1, 0.15) is 5.76 Å². The number of likely N-dealkylation sites (tertiary alicyclic amines) is 1. The van der Waals surface area contributed by atoms with Gasteiger partial charge in [0.15, 0.2) is 5.69 Å². The summed E-state index contributed by atoms with van der Waals surface area (Å²) in [6.45, 7) is 3.54. The lowest BCUT2D eigenvalue weighted by molar-refractivity contribution is 0.0600. The fourth-order valence-electron chi connectivity index (χ4n) is 4.26. The van der Waals surface area contributed by atoms with Crippen LogP contribution in [0.1, 0.15) is 54.3 Å². The van der Waals surface area contributed by atoms with Crippen LogP contribution in [-0.2, 0) is 0 Å². The molecule has 3 aliphatic rings. The van der Waals surface area contributed by atoms with Gasteiger partial charge >= 0.3 is 0 Å². The number of anilines is 1. The Morgan fingerprint density at radius 2 is 1.85 bits per heavy atom. The minimum Gasteiger partial charge on any atom is -0.360 e. The topological polar surface area (TPSA) is 75.4 Å². The van der Waals surface area contributed by atoms with E-state index in [1.165, 1.54) is 0 Å². The zero-order valence-electron chi connectivity index (χ0n) is 14.8. The van der Waals surface area contributed by atoms with Crippen LogP contribution < -0.4 is 4.90 Å². The molecule has 5 rings (SSSR count). The maximum Gasteiger partial charge on any atom is 0.276 e. The van der Waals surface area contributed by atoms with Crippen LogP contribution in [0.5, 0.6) is 0 Å². The van der Waals surface area contributed by atoms with Gasteiger partial charge in [-0.15, -0.1) is 0 Å². The summed E-state index contributed by atoms with van der Waals surface area (Å²) in [5.41, 5.74) is 0.743. The van der Waals surface area contributed by atoms with Gasteiger partial charge in [-0.05, 0) is 43.6 Å². The molecule has 0 radical (unpaired) electrons. The quantitative estimate of drug-likeness (QED) is 0.844. The summed E-state index contributed by atoms with van der Waals surface area (Å²) < 4.78 is 5.34. The van der Waals surface area contributed by atoms with Crippen molar-refractivity contribution in [1.29, 1.82) is 0 Å². The molecular weight excluding hydrogens is 330 g/mol. The molecule has 0 N–H and O–H groups in total. The lowest BCUT2D eigenvalue weighted by Crippen LogP contribution is -2.44. The van der Waals surface area contributed by atoms with E-state index in [2.05, 4.69) is 20.0 Å². The first kappa shape index (κ1) is 15.8. The summed E-state index contributed by atoms with van der Waals surface area (Å²) in [6.07, 6.45) is 9.08. The first-order valence-corrected chi connectivity index (χ1v) is 9.50. The number of carbonyl (C=O) groups is 1. The third-order valence-electron chi connectivity index (χ3n) is 6.11. The molecule has 1 spiro atoms. The first-order valence-electron chi connectivity index (χ1n) is 9.50. The molecule has 1 amide bonds. The van der Waals surface area contributed by atoms with E-state index in [1.807, 2.05) is 17.0 Å². The van der Waals surface area contributed by atoms with Gasteiger partial charge in [0, 0.05) is 50.6 Å². The van der Waals surface area contributed by atoms with Gasteiger partial charge in [-0.25, -0.2) is 9.97 Å². The Morgan fingerprint density at radius 1 is 1.12 bits per heavy atom. The van der Waals surface area contributed by atoms with Crippen molar-refractivity contribution in [2.24, 2.45) is 5.41 Å². The van der Waals surface area contributed by atoms with E-state index in [4.69, 9.17) is 4.52 Å². The molecule has 2 aromatic heterocycles. The van der Waals surface area contributed by atoms with E-state index in [1.54, 1.807) is 12.4 Å². The number of rotatable bonds is 3. The summed E-state index contributed by atoms with van der Waals surface area (Å²) >= 11 is 0. The van der Waals surface area contributed by atoms with Crippen molar-refractivity contribution in [2.75, 3.05) is 31.1 Å². The van der Waals surface area contributed by atoms with Gasteiger partial charge < -0.3 is 14.3 Å². The van der Waals surface area contributed by atoms with E-state index in [0.29, 0.717) is 11.6 Å². The van der Waals surface area contributed by atoms with Crippen molar-refractivity contribution in [3.63, 3.8) is 0 Å². The Kier molecular flexibility index (Phi) is 3.69. The van der Waals surface area contributed by atoms with Gasteiger partial charge in [-0.3, -0.25) is 4.79 Å². The zero-order valence-corrected chi connectivity index (χ0v) is 14.8. The lowest BCUT2D eigenvalue weighted by Gasteiger charge is -2.39. The van der Waals surface area contributed by atoms with E-state index in [9.17, 15) is 4.79 Å². The molecule has 0 unspecified atom stereocenters. The number of nitrogens with zero attached hydrogens (tertiary/aromatic N) is 5. The largest absolute Gasteiger partial charge is 0.360 e. The standard InChI is InChI=1S/C19H23N5O2/c25-17(15-12-16(26-22-15)14-2-3-14)23-9-4-19(5-10-23)6-11-24(13-19)18-20-7-1-8-21-18/h1,7-8,12,14H,2-6,9-11,13H2. The van der Waals surface area contributed by atoms with Gasteiger partial charge in [0.25, 0.3) is 5.91 Å². The third-order valence-corrected chi connectivity index (χ3v) is 6.11. The highest BCUT2D eigenvalue weighted by Crippen LogP contribution is 2.42.